The normalized spacial score (nSPS) is 13.8. The molecular formula is C15H17NO4. The molecule has 1 aliphatic heterocycles. The van der Waals surface area contributed by atoms with E-state index in [4.69, 9.17) is 19.0 Å². The highest BCUT2D eigenvalue weighted by atomic mass is 16.5. The fraction of sp³-hybridized carbons (Fsp3) is 0.333. The number of hydrogen-bond acceptors (Lipinski definition) is 5. The first kappa shape index (κ1) is 12.9. The van der Waals surface area contributed by atoms with Gasteiger partial charge in [0, 0.05) is 6.07 Å². The molecule has 1 N–H and O–H groups in total. The van der Waals surface area contributed by atoms with Crippen molar-refractivity contribution in [3.05, 3.63) is 41.9 Å². The van der Waals surface area contributed by atoms with Crippen LogP contribution in [0.4, 0.5) is 5.69 Å². The molecule has 0 fully saturated rings. The van der Waals surface area contributed by atoms with E-state index in [0.717, 1.165) is 29.5 Å². The van der Waals surface area contributed by atoms with Crippen molar-refractivity contribution < 1.29 is 19.0 Å². The smallest absolute Gasteiger partial charge is 0.142 e. The average molecular weight is 275 g/mol. The third-order valence-corrected chi connectivity index (χ3v) is 3.35. The quantitative estimate of drug-likeness (QED) is 0.927. The van der Waals surface area contributed by atoms with E-state index in [2.05, 4.69) is 4.90 Å². The van der Waals surface area contributed by atoms with Gasteiger partial charge >= 0.3 is 0 Å². The standard InChI is InChI=1S/C15H17NO4/c1-18-11-4-5-15-14(8-11)16(6-7-19-15)9-12-2-3-13(10-17)20-12/h2-5,8,17H,6-7,9-10H2,1H3. The van der Waals surface area contributed by atoms with Gasteiger partial charge in [-0.15, -0.1) is 0 Å². The third kappa shape index (κ3) is 2.44. The number of aliphatic hydroxyl groups excluding tert-OH is 1. The molecule has 1 aromatic heterocycles. The van der Waals surface area contributed by atoms with Crippen LogP contribution in [-0.2, 0) is 13.2 Å². The molecule has 0 spiro atoms. The Kier molecular flexibility index (Phi) is 3.52. The molecule has 1 aliphatic rings. The van der Waals surface area contributed by atoms with Gasteiger partial charge in [0.25, 0.3) is 0 Å². The summed E-state index contributed by atoms with van der Waals surface area (Å²) in [5, 5.41) is 9.04. The Morgan fingerprint density at radius 2 is 2.10 bits per heavy atom. The van der Waals surface area contributed by atoms with Crippen molar-refractivity contribution in [1.29, 1.82) is 0 Å². The number of aliphatic hydroxyl groups is 1. The van der Waals surface area contributed by atoms with Crippen LogP contribution in [0.25, 0.3) is 0 Å². The molecule has 0 unspecified atom stereocenters. The number of methoxy groups -OCH3 is 1. The summed E-state index contributed by atoms with van der Waals surface area (Å²) in [4.78, 5) is 2.18. The van der Waals surface area contributed by atoms with Gasteiger partial charge in [0.1, 0.15) is 36.2 Å². The lowest BCUT2D eigenvalue weighted by molar-refractivity contribution is 0.242. The highest BCUT2D eigenvalue weighted by Crippen LogP contribution is 2.35. The first-order chi connectivity index (χ1) is 9.80. The van der Waals surface area contributed by atoms with E-state index in [0.29, 0.717) is 18.9 Å². The summed E-state index contributed by atoms with van der Waals surface area (Å²) in [6, 6.07) is 9.45. The zero-order chi connectivity index (χ0) is 13.9. The number of rotatable bonds is 4. The van der Waals surface area contributed by atoms with Gasteiger partial charge in [-0.3, -0.25) is 0 Å². The minimum atomic E-state index is -0.0759. The molecule has 1 aromatic carbocycles. The van der Waals surface area contributed by atoms with Gasteiger partial charge in [-0.1, -0.05) is 0 Å². The molecule has 0 aliphatic carbocycles. The van der Waals surface area contributed by atoms with Gasteiger partial charge in [0.2, 0.25) is 0 Å². The predicted octanol–water partition coefficient (Wildman–Crippen LogP) is 2.18. The maximum atomic E-state index is 9.04. The molecule has 3 rings (SSSR count). The van der Waals surface area contributed by atoms with E-state index >= 15 is 0 Å². The number of hydrogen-bond donors (Lipinski definition) is 1. The van der Waals surface area contributed by atoms with Crippen LogP contribution in [0.15, 0.2) is 34.7 Å². The topological polar surface area (TPSA) is 55.1 Å². The first-order valence-corrected chi connectivity index (χ1v) is 6.54. The van der Waals surface area contributed by atoms with Gasteiger partial charge in [0.05, 0.1) is 25.9 Å². The summed E-state index contributed by atoms with van der Waals surface area (Å²) in [5.41, 5.74) is 0.998. The van der Waals surface area contributed by atoms with E-state index in [9.17, 15) is 0 Å². The monoisotopic (exact) mass is 275 g/mol. The second-order valence-electron chi connectivity index (χ2n) is 4.63. The van der Waals surface area contributed by atoms with Gasteiger partial charge in [0.15, 0.2) is 0 Å². The van der Waals surface area contributed by atoms with Gasteiger partial charge < -0.3 is 23.9 Å². The van der Waals surface area contributed by atoms with Crippen LogP contribution in [-0.4, -0.2) is 25.4 Å². The summed E-state index contributed by atoms with van der Waals surface area (Å²) in [5.74, 6) is 3.06. The SMILES string of the molecule is COc1ccc2c(c1)N(Cc1ccc(CO)o1)CCO2. The number of ether oxygens (including phenoxy) is 2. The van der Waals surface area contributed by atoms with Crippen LogP contribution >= 0.6 is 0 Å². The molecule has 0 atom stereocenters. The lowest BCUT2D eigenvalue weighted by atomic mass is 10.2. The molecule has 0 bridgehead atoms. The van der Waals surface area contributed by atoms with E-state index in [1.807, 2.05) is 24.3 Å². The largest absolute Gasteiger partial charge is 0.497 e. The molecule has 0 saturated carbocycles. The molecule has 0 amide bonds. The number of benzene rings is 1. The van der Waals surface area contributed by atoms with Gasteiger partial charge in [-0.2, -0.15) is 0 Å². The fourth-order valence-corrected chi connectivity index (χ4v) is 2.32. The van der Waals surface area contributed by atoms with Crippen molar-refractivity contribution in [2.75, 3.05) is 25.2 Å². The van der Waals surface area contributed by atoms with Gasteiger partial charge in [-0.25, -0.2) is 0 Å². The Labute approximate surface area is 117 Å². The van der Waals surface area contributed by atoms with Crippen molar-refractivity contribution in [1.82, 2.24) is 0 Å². The first-order valence-electron chi connectivity index (χ1n) is 6.54. The Hall–Kier alpha value is -2.14. The van der Waals surface area contributed by atoms with Crippen molar-refractivity contribution in [3.8, 4) is 11.5 Å². The second-order valence-corrected chi connectivity index (χ2v) is 4.63. The molecule has 2 aromatic rings. The Balaban J connectivity index is 1.85. The van der Waals surface area contributed by atoms with Crippen LogP contribution in [0.5, 0.6) is 11.5 Å². The highest BCUT2D eigenvalue weighted by molar-refractivity contribution is 5.62. The summed E-state index contributed by atoms with van der Waals surface area (Å²) in [6.45, 7) is 2.00. The highest BCUT2D eigenvalue weighted by Gasteiger charge is 2.20. The number of fused-ring (bicyclic) bond motifs is 1. The van der Waals surface area contributed by atoms with E-state index in [1.54, 1.807) is 13.2 Å². The molecular weight excluding hydrogens is 258 g/mol. The number of furan rings is 1. The Bertz CT molecular complexity index is 593. The number of anilines is 1. The summed E-state index contributed by atoms with van der Waals surface area (Å²) < 4.78 is 16.5. The summed E-state index contributed by atoms with van der Waals surface area (Å²) in [7, 11) is 1.65. The zero-order valence-electron chi connectivity index (χ0n) is 11.3. The Morgan fingerprint density at radius 1 is 1.25 bits per heavy atom. The minimum absolute atomic E-state index is 0.0759. The molecule has 0 saturated heterocycles. The van der Waals surface area contributed by atoms with Crippen molar-refractivity contribution in [2.45, 2.75) is 13.2 Å². The summed E-state index contributed by atoms with van der Waals surface area (Å²) in [6.07, 6.45) is 0. The predicted molar refractivity (Wildman–Crippen MR) is 74.2 cm³/mol. The third-order valence-electron chi connectivity index (χ3n) is 3.35. The van der Waals surface area contributed by atoms with E-state index < -0.39 is 0 Å². The average Bonchev–Trinajstić information content (AvgIpc) is 2.95. The molecule has 2 heterocycles. The van der Waals surface area contributed by atoms with Crippen molar-refractivity contribution >= 4 is 5.69 Å². The lowest BCUT2D eigenvalue weighted by Gasteiger charge is -2.30. The maximum absolute atomic E-state index is 9.04. The summed E-state index contributed by atoms with van der Waals surface area (Å²) >= 11 is 0. The van der Waals surface area contributed by atoms with Crippen molar-refractivity contribution in [2.24, 2.45) is 0 Å². The van der Waals surface area contributed by atoms with Gasteiger partial charge in [-0.05, 0) is 24.3 Å². The molecule has 5 heteroatoms. The molecule has 106 valence electrons. The van der Waals surface area contributed by atoms with Crippen LogP contribution in [0.1, 0.15) is 11.5 Å². The van der Waals surface area contributed by atoms with E-state index in [1.165, 1.54) is 0 Å². The van der Waals surface area contributed by atoms with Crippen molar-refractivity contribution in [3.63, 3.8) is 0 Å². The molecule has 20 heavy (non-hydrogen) atoms. The molecule has 0 radical (unpaired) electrons. The minimum Gasteiger partial charge on any atom is -0.497 e. The fourth-order valence-electron chi connectivity index (χ4n) is 2.32. The van der Waals surface area contributed by atoms with Crippen LogP contribution in [0, 0.1) is 0 Å². The van der Waals surface area contributed by atoms with Crippen LogP contribution in [0.2, 0.25) is 0 Å². The molecule has 5 nitrogen and oxygen atoms in total. The van der Waals surface area contributed by atoms with Crippen LogP contribution in [0.3, 0.4) is 0 Å². The van der Waals surface area contributed by atoms with E-state index in [-0.39, 0.29) is 6.61 Å². The maximum Gasteiger partial charge on any atom is 0.142 e. The van der Waals surface area contributed by atoms with Crippen LogP contribution < -0.4 is 14.4 Å². The second kappa shape index (κ2) is 5.46. The Morgan fingerprint density at radius 3 is 2.85 bits per heavy atom. The lowest BCUT2D eigenvalue weighted by Crippen LogP contribution is -2.32. The number of nitrogens with zero attached hydrogens (tertiary/aromatic N) is 1. The zero-order valence-corrected chi connectivity index (χ0v) is 11.3.